The van der Waals surface area contributed by atoms with Crippen LogP contribution in [-0.4, -0.2) is 29.9 Å². The Balaban J connectivity index is 1.64. The molecule has 1 aromatic rings. The van der Waals surface area contributed by atoms with E-state index >= 15 is 0 Å². The minimum Gasteiger partial charge on any atom is -0.376 e. The lowest BCUT2D eigenvalue weighted by atomic mass is 9.65. The second-order valence-electron chi connectivity index (χ2n) is 8.55. The molecule has 3 nitrogen and oxygen atoms in total. The van der Waals surface area contributed by atoms with Gasteiger partial charge < -0.3 is 10.2 Å². The zero-order chi connectivity index (χ0) is 16.8. The highest BCUT2D eigenvalue weighted by molar-refractivity contribution is 9.10. The first-order valence-corrected chi connectivity index (χ1v) is 9.26. The van der Waals surface area contributed by atoms with Gasteiger partial charge in [-0.3, -0.25) is 4.79 Å². The number of carbonyl (C=O) groups excluding carboxylic acids is 1. The van der Waals surface area contributed by atoms with Crippen LogP contribution >= 0.6 is 15.9 Å². The van der Waals surface area contributed by atoms with Crippen molar-refractivity contribution in [1.82, 2.24) is 4.90 Å². The summed E-state index contributed by atoms with van der Waals surface area (Å²) in [5.74, 6) is 0.233. The Bertz CT molecular complexity index is 628. The number of carbonyl (C=O) groups is 1. The molecule has 126 valence electrons. The number of nitrogens with one attached hydrogen (secondary N) is 1. The summed E-state index contributed by atoms with van der Waals surface area (Å²) in [6.07, 6.45) is 3.52. The van der Waals surface area contributed by atoms with Gasteiger partial charge in [0.25, 0.3) is 0 Å². The predicted molar refractivity (Wildman–Crippen MR) is 98.6 cm³/mol. The van der Waals surface area contributed by atoms with E-state index < -0.39 is 0 Å². The van der Waals surface area contributed by atoms with Gasteiger partial charge in [0.1, 0.15) is 0 Å². The molecule has 0 spiro atoms. The second kappa shape index (κ2) is 5.80. The van der Waals surface area contributed by atoms with Crippen LogP contribution in [0.2, 0.25) is 0 Å². The number of hydrogen-bond acceptors (Lipinski definition) is 2. The number of halogens is 1. The molecule has 0 aromatic heterocycles. The maximum atomic E-state index is 12.7. The molecule has 1 amide bonds. The van der Waals surface area contributed by atoms with E-state index in [1.807, 2.05) is 12.1 Å². The van der Waals surface area contributed by atoms with Crippen molar-refractivity contribution in [2.45, 2.75) is 53.0 Å². The highest BCUT2D eigenvalue weighted by Gasteiger charge is 2.50. The summed E-state index contributed by atoms with van der Waals surface area (Å²) >= 11 is 3.51. The maximum Gasteiger partial charge on any atom is 0.242 e. The molecule has 1 N–H and O–H groups in total. The molecular weight excluding hydrogens is 352 g/mol. The van der Waals surface area contributed by atoms with E-state index in [2.05, 4.69) is 59.9 Å². The van der Waals surface area contributed by atoms with Crippen LogP contribution in [0.25, 0.3) is 0 Å². The van der Waals surface area contributed by atoms with E-state index in [1.54, 1.807) is 0 Å². The molecular formula is C19H27BrN2O. The van der Waals surface area contributed by atoms with E-state index in [1.165, 1.54) is 18.4 Å². The van der Waals surface area contributed by atoms with E-state index in [-0.39, 0.29) is 5.91 Å². The van der Waals surface area contributed by atoms with Crippen LogP contribution in [0.3, 0.4) is 0 Å². The second-order valence-corrected chi connectivity index (χ2v) is 9.41. The highest BCUT2D eigenvalue weighted by atomic mass is 79.9. The zero-order valence-corrected chi connectivity index (χ0v) is 16.2. The average Bonchev–Trinajstić information content (AvgIpc) is 2.69. The van der Waals surface area contributed by atoms with Crippen molar-refractivity contribution in [1.29, 1.82) is 0 Å². The fourth-order valence-corrected chi connectivity index (χ4v) is 5.03. The van der Waals surface area contributed by atoms with E-state index in [9.17, 15) is 4.79 Å². The summed E-state index contributed by atoms with van der Waals surface area (Å²) in [6.45, 7) is 10.4. The Morgan fingerprint density at radius 1 is 1.35 bits per heavy atom. The average molecular weight is 379 g/mol. The van der Waals surface area contributed by atoms with Crippen LogP contribution in [-0.2, 0) is 4.79 Å². The third-order valence-electron chi connectivity index (χ3n) is 5.34. The van der Waals surface area contributed by atoms with Gasteiger partial charge in [-0.1, -0.05) is 36.7 Å². The van der Waals surface area contributed by atoms with Gasteiger partial charge in [-0.2, -0.15) is 0 Å². The molecule has 1 aliphatic heterocycles. The number of fused-ring (bicyclic) bond motifs is 2. The van der Waals surface area contributed by atoms with Gasteiger partial charge >= 0.3 is 0 Å². The third kappa shape index (κ3) is 3.57. The van der Waals surface area contributed by atoms with E-state index in [4.69, 9.17) is 0 Å². The summed E-state index contributed by atoms with van der Waals surface area (Å²) in [7, 11) is 0. The van der Waals surface area contributed by atoms with Crippen molar-refractivity contribution in [2.75, 3.05) is 18.4 Å². The monoisotopic (exact) mass is 378 g/mol. The summed E-state index contributed by atoms with van der Waals surface area (Å²) < 4.78 is 1.10. The Labute approximate surface area is 148 Å². The molecule has 0 unspecified atom stereocenters. The quantitative estimate of drug-likeness (QED) is 0.833. The molecule has 2 bridgehead atoms. The van der Waals surface area contributed by atoms with Crippen LogP contribution in [0.15, 0.2) is 22.7 Å². The van der Waals surface area contributed by atoms with Gasteiger partial charge in [0.15, 0.2) is 0 Å². The summed E-state index contributed by atoms with van der Waals surface area (Å²) in [4.78, 5) is 14.9. The number of benzene rings is 1. The minimum absolute atomic E-state index is 0.233. The Hall–Kier alpha value is -1.03. The van der Waals surface area contributed by atoms with Crippen molar-refractivity contribution in [3.8, 4) is 0 Å². The molecule has 2 fully saturated rings. The number of amides is 1. The van der Waals surface area contributed by atoms with Gasteiger partial charge in [0.2, 0.25) is 5.91 Å². The first-order chi connectivity index (χ1) is 10.7. The van der Waals surface area contributed by atoms with E-state index in [0.717, 1.165) is 23.1 Å². The molecule has 1 aromatic carbocycles. The molecule has 23 heavy (non-hydrogen) atoms. The number of likely N-dealkylation sites (tertiary alicyclic amines) is 1. The first-order valence-electron chi connectivity index (χ1n) is 8.47. The largest absolute Gasteiger partial charge is 0.376 e. The summed E-state index contributed by atoms with van der Waals surface area (Å²) in [5, 5.41) is 3.29. The van der Waals surface area contributed by atoms with Gasteiger partial charge in [-0.25, -0.2) is 0 Å². The number of anilines is 1. The lowest BCUT2D eigenvalue weighted by Gasteiger charge is -2.39. The SMILES string of the molecule is Cc1cc(NCC(=O)N2C[C@@]3(C)C[C@H]2CC(C)(C)C3)ccc1Br. The zero-order valence-electron chi connectivity index (χ0n) is 14.6. The number of nitrogens with zero attached hydrogens (tertiary/aromatic N) is 1. The van der Waals surface area contributed by atoms with Crippen LogP contribution < -0.4 is 5.32 Å². The normalized spacial score (nSPS) is 28.7. The Morgan fingerprint density at radius 2 is 2.09 bits per heavy atom. The lowest BCUT2D eigenvalue weighted by molar-refractivity contribution is -0.130. The topological polar surface area (TPSA) is 32.3 Å². The molecule has 4 heteroatoms. The Morgan fingerprint density at radius 3 is 2.78 bits per heavy atom. The standard InChI is InChI=1S/C19H27BrN2O/c1-13-7-14(5-6-16(13)20)21-10-17(23)22-12-19(4)9-15(22)8-18(2,3)11-19/h5-7,15,21H,8-12H2,1-4H3/t15-,19+/m1/s1. The fourth-order valence-electron chi connectivity index (χ4n) is 4.79. The van der Waals surface area contributed by atoms with Gasteiger partial charge in [0, 0.05) is 22.7 Å². The molecule has 1 saturated heterocycles. The summed E-state index contributed by atoms with van der Waals surface area (Å²) in [5.41, 5.74) is 2.83. The fraction of sp³-hybridized carbons (Fsp3) is 0.632. The van der Waals surface area contributed by atoms with Crippen molar-refractivity contribution < 1.29 is 4.79 Å². The molecule has 0 radical (unpaired) electrons. The summed E-state index contributed by atoms with van der Waals surface area (Å²) in [6, 6.07) is 6.53. The Kier molecular flexibility index (Phi) is 4.24. The molecule has 2 aliphatic rings. The molecule has 3 rings (SSSR count). The van der Waals surface area contributed by atoms with Crippen LogP contribution in [0.4, 0.5) is 5.69 Å². The number of rotatable bonds is 3. The molecule has 1 saturated carbocycles. The minimum atomic E-state index is 0.233. The van der Waals surface area contributed by atoms with E-state index in [0.29, 0.717) is 23.4 Å². The predicted octanol–water partition coefficient (Wildman–Crippen LogP) is 4.60. The molecule has 1 heterocycles. The van der Waals surface area contributed by atoms with Gasteiger partial charge in [-0.05, 0) is 60.8 Å². The molecule has 2 atom stereocenters. The van der Waals surface area contributed by atoms with Crippen LogP contribution in [0, 0.1) is 17.8 Å². The highest BCUT2D eigenvalue weighted by Crippen LogP contribution is 2.52. The first kappa shape index (κ1) is 16.8. The number of hydrogen-bond donors (Lipinski definition) is 1. The maximum absolute atomic E-state index is 12.7. The van der Waals surface area contributed by atoms with Crippen molar-refractivity contribution >= 4 is 27.5 Å². The van der Waals surface area contributed by atoms with Gasteiger partial charge in [-0.15, -0.1) is 0 Å². The van der Waals surface area contributed by atoms with Crippen molar-refractivity contribution in [3.05, 3.63) is 28.2 Å². The molecule has 1 aliphatic carbocycles. The van der Waals surface area contributed by atoms with Crippen LogP contribution in [0.5, 0.6) is 0 Å². The van der Waals surface area contributed by atoms with Crippen molar-refractivity contribution in [2.24, 2.45) is 10.8 Å². The number of aryl methyl sites for hydroxylation is 1. The van der Waals surface area contributed by atoms with Crippen molar-refractivity contribution in [3.63, 3.8) is 0 Å². The van der Waals surface area contributed by atoms with Crippen LogP contribution in [0.1, 0.15) is 45.6 Å². The van der Waals surface area contributed by atoms with Gasteiger partial charge in [0.05, 0.1) is 6.54 Å². The smallest absolute Gasteiger partial charge is 0.242 e. The third-order valence-corrected chi connectivity index (χ3v) is 6.23. The lowest BCUT2D eigenvalue weighted by Crippen LogP contribution is -2.40.